The Morgan fingerprint density at radius 2 is 2.06 bits per heavy atom. The average Bonchev–Trinajstić information content (AvgIpc) is 2.85. The summed E-state index contributed by atoms with van der Waals surface area (Å²) in [5.41, 5.74) is 2.37. The maximum Gasteiger partial charge on any atom is 0.183 e. The fourth-order valence-electron chi connectivity index (χ4n) is 1.47. The predicted molar refractivity (Wildman–Crippen MR) is 71.8 cm³/mol. The predicted octanol–water partition coefficient (Wildman–Crippen LogP) is 3.33. The number of aromatic nitrogens is 1. The van der Waals surface area contributed by atoms with Gasteiger partial charge in [0.25, 0.3) is 0 Å². The highest BCUT2D eigenvalue weighted by atomic mass is 32.1. The van der Waals surface area contributed by atoms with Crippen LogP contribution in [0.4, 0.5) is 5.13 Å². The molecule has 1 aromatic heterocycles. The van der Waals surface area contributed by atoms with Crippen LogP contribution < -0.4 is 10.1 Å². The quantitative estimate of drug-likeness (QED) is 0.881. The summed E-state index contributed by atoms with van der Waals surface area (Å²) in [6.07, 6.45) is 0.987. The van der Waals surface area contributed by atoms with Gasteiger partial charge in [0.1, 0.15) is 5.75 Å². The summed E-state index contributed by atoms with van der Waals surface area (Å²) in [6.45, 7) is 2.91. The number of hydrogen-bond donors (Lipinski definition) is 1. The molecule has 0 fully saturated rings. The third-order valence-electron chi connectivity index (χ3n) is 2.52. The zero-order valence-electron chi connectivity index (χ0n) is 10.1. The highest BCUT2D eigenvalue weighted by molar-refractivity contribution is 7.13. The molecule has 1 heterocycles. The zero-order valence-corrected chi connectivity index (χ0v) is 10.9. The molecule has 3 nitrogen and oxygen atoms in total. The van der Waals surface area contributed by atoms with Gasteiger partial charge in [-0.3, -0.25) is 0 Å². The number of rotatable bonds is 5. The molecular weight excluding hydrogens is 232 g/mol. The van der Waals surface area contributed by atoms with Gasteiger partial charge in [-0.05, 0) is 24.1 Å². The first-order valence-corrected chi connectivity index (χ1v) is 6.51. The molecule has 0 spiro atoms. The minimum absolute atomic E-state index is 0.792. The van der Waals surface area contributed by atoms with Gasteiger partial charge in [0, 0.05) is 11.9 Å². The van der Waals surface area contributed by atoms with Gasteiger partial charge in [-0.15, -0.1) is 11.3 Å². The molecule has 0 aliphatic heterocycles. The minimum Gasteiger partial charge on any atom is -0.497 e. The van der Waals surface area contributed by atoms with Crippen LogP contribution in [0.5, 0.6) is 5.75 Å². The van der Waals surface area contributed by atoms with Crippen LogP contribution in [0.15, 0.2) is 29.6 Å². The van der Waals surface area contributed by atoms with Gasteiger partial charge in [0.05, 0.1) is 12.8 Å². The number of hydrogen-bond acceptors (Lipinski definition) is 4. The number of benzene rings is 1. The Labute approximate surface area is 105 Å². The Morgan fingerprint density at radius 1 is 1.29 bits per heavy atom. The molecule has 2 rings (SSSR count). The second-order valence-corrected chi connectivity index (χ2v) is 4.56. The summed E-state index contributed by atoms with van der Waals surface area (Å²) in [7, 11) is 1.68. The lowest BCUT2D eigenvalue weighted by molar-refractivity contribution is 0.414. The molecule has 90 valence electrons. The Hall–Kier alpha value is -1.55. The van der Waals surface area contributed by atoms with Crippen LogP contribution in [0.2, 0.25) is 0 Å². The molecule has 0 unspecified atom stereocenters. The van der Waals surface area contributed by atoms with Gasteiger partial charge >= 0.3 is 0 Å². The number of nitrogens with zero attached hydrogens (tertiary/aromatic N) is 1. The normalized spacial score (nSPS) is 10.2. The highest BCUT2D eigenvalue weighted by Crippen LogP contribution is 2.17. The first-order valence-electron chi connectivity index (χ1n) is 5.63. The van der Waals surface area contributed by atoms with E-state index in [9.17, 15) is 0 Å². The average molecular weight is 248 g/mol. The van der Waals surface area contributed by atoms with Crippen LogP contribution in [0.1, 0.15) is 18.2 Å². The summed E-state index contributed by atoms with van der Waals surface area (Å²) in [5, 5.41) is 6.40. The molecule has 0 amide bonds. The van der Waals surface area contributed by atoms with Crippen molar-refractivity contribution in [3.05, 3.63) is 40.9 Å². The Kier molecular flexibility index (Phi) is 3.98. The maximum atomic E-state index is 5.12. The van der Waals surface area contributed by atoms with E-state index < -0.39 is 0 Å². The smallest absolute Gasteiger partial charge is 0.183 e. The van der Waals surface area contributed by atoms with Crippen LogP contribution in [0.25, 0.3) is 0 Å². The molecule has 0 atom stereocenters. The Balaban J connectivity index is 1.92. The third-order valence-corrected chi connectivity index (χ3v) is 3.37. The SMILES string of the molecule is CCc1csc(NCc2ccc(OC)cc2)n1. The second kappa shape index (κ2) is 5.68. The van der Waals surface area contributed by atoms with E-state index in [-0.39, 0.29) is 0 Å². The summed E-state index contributed by atoms with van der Waals surface area (Å²) in [5.74, 6) is 0.885. The summed E-state index contributed by atoms with van der Waals surface area (Å²) >= 11 is 1.65. The maximum absolute atomic E-state index is 5.12. The van der Waals surface area contributed by atoms with E-state index >= 15 is 0 Å². The summed E-state index contributed by atoms with van der Waals surface area (Å²) in [6, 6.07) is 8.05. The molecule has 17 heavy (non-hydrogen) atoms. The molecule has 0 radical (unpaired) electrons. The molecule has 0 saturated carbocycles. The van der Waals surface area contributed by atoms with Gasteiger partial charge in [0.2, 0.25) is 0 Å². The van der Waals surface area contributed by atoms with Crippen LogP contribution in [-0.4, -0.2) is 12.1 Å². The van der Waals surface area contributed by atoms with Gasteiger partial charge in [-0.25, -0.2) is 4.98 Å². The van der Waals surface area contributed by atoms with Crippen molar-refractivity contribution in [1.29, 1.82) is 0 Å². The van der Waals surface area contributed by atoms with Crippen LogP contribution in [-0.2, 0) is 13.0 Å². The van der Waals surface area contributed by atoms with Crippen LogP contribution >= 0.6 is 11.3 Å². The number of ether oxygens (including phenoxy) is 1. The van der Waals surface area contributed by atoms with Gasteiger partial charge in [-0.1, -0.05) is 19.1 Å². The molecule has 0 aliphatic rings. The second-order valence-electron chi connectivity index (χ2n) is 3.70. The third kappa shape index (κ3) is 3.20. The van der Waals surface area contributed by atoms with Crippen molar-refractivity contribution in [1.82, 2.24) is 4.98 Å². The topological polar surface area (TPSA) is 34.1 Å². The Morgan fingerprint density at radius 3 is 2.65 bits per heavy atom. The van der Waals surface area contributed by atoms with Crippen LogP contribution in [0.3, 0.4) is 0 Å². The van der Waals surface area contributed by atoms with Crippen molar-refractivity contribution in [3.63, 3.8) is 0 Å². The Bertz CT molecular complexity index is 465. The molecule has 1 N–H and O–H groups in total. The lowest BCUT2D eigenvalue weighted by Gasteiger charge is -2.04. The number of thiazole rings is 1. The lowest BCUT2D eigenvalue weighted by atomic mass is 10.2. The number of aryl methyl sites for hydroxylation is 1. The number of anilines is 1. The molecule has 1 aromatic carbocycles. The fraction of sp³-hybridized carbons (Fsp3) is 0.308. The highest BCUT2D eigenvalue weighted by Gasteiger charge is 2.00. The largest absolute Gasteiger partial charge is 0.497 e. The van der Waals surface area contributed by atoms with Crippen molar-refractivity contribution < 1.29 is 4.74 Å². The molecule has 0 saturated heterocycles. The van der Waals surface area contributed by atoms with E-state index in [4.69, 9.17) is 4.74 Å². The van der Waals surface area contributed by atoms with Crippen molar-refractivity contribution in [3.8, 4) is 5.75 Å². The van der Waals surface area contributed by atoms with Crippen molar-refractivity contribution in [2.24, 2.45) is 0 Å². The fourth-order valence-corrected chi connectivity index (χ4v) is 2.26. The molecular formula is C13H16N2OS. The van der Waals surface area contributed by atoms with E-state index in [0.717, 1.165) is 29.5 Å². The molecule has 0 bridgehead atoms. The van der Waals surface area contributed by atoms with Gasteiger partial charge in [-0.2, -0.15) is 0 Å². The van der Waals surface area contributed by atoms with Crippen molar-refractivity contribution >= 4 is 16.5 Å². The number of methoxy groups -OCH3 is 1. The summed E-state index contributed by atoms with van der Waals surface area (Å²) < 4.78 is 5.12. The molecule has 4 heteroatoms. The minimum atomic E-state index is 0.792. The van der Waals surface area contributed by atoms with Gasteiger partial charge < -0.3 is 10.1 Å². The first kappa shape index (κ1) is 11.9. The van der Waals surface area contributed by atoms with E-state index in [1.165, 1.54) is 5.56 Å². The standard InChI is InChI=1S/C13H16N2OS/c1-3-11-9-17-13(15-11)14-8-10-4-6-12(16-2)7-5-10/h4-7,9H,3,8H2,1-2H3,(H,14,15). The van der Waals surface area contributed by atoms with Crippen LogP contribution in [0, 0.1) is 0 Å². The van der Waals surface area contributed by atoms with E-state index in [1.54, 1.807) is 18.4 Å². The van der Waals surface area contributed by atoms with Gasteiger partial charge in [0.15, 0.2) is 5.13 Å². The van der Waals surface area contributed by atoms with E-state index in [2.05, 4.69) is 34.7 Å². The zero-order chi connectivity index (χ0) is 12.1. The summed E-state index contributed by atoms with van der Waals surface area (Å²) in [4.78, 5) is 4.46. The van der Waals surface area contributed by atoms with E-state index in [1.807, 2.05) is 12.1 Å². The van der Waals surface area contributed by atoms with Crippen molar-refractivity contribution in [2.45, 2.75) is 19.9 Å². The van der Waals surface area contributed by atoms with Crippen molar-refractivity contribution in [2.75, 3.05) is 12.4 Å². The number of nitrogens with one attached hydrogen (secondary N) is 1. The monoisotopic (exact) mass is 248 g/mol. The molecule has 2 aromatic rings. The van der Waals surface area contributed by atoms with E-state index in [0.29, 0.717) is 0 Å². The molecule has 0 aliphatic carbocycles. The first-order chi connectivity index (χ1) is 8.31. The lowest BCUT2D eigenvalue weighted by Crippen LogP contribution is -1.99.